The van der Waals surface area contributed by atoms with Crippen LogP contribution in [0.2, 0.25) is 0 Å². The van der Waals surface area contributed by atoms with Gasteiger partial charge in [-0.05, 0) is 60.7 Å². The molecule has 2 aromatic carbocycles. The number of nitrogens with two attached hydrogens (primary N) is 1. The summed E-state index contributed by atoms with van der Waals surface area (Å²) in [5.74, 6) is 0.115. The minimum absolute atomic E-state index is 0.123. The number of nitrogen functional groups attached to an aromatic ring is 1. The molecule has 164 valence electrons. The van der Waals surface area contributed by atoms with Gasteiger partial charge in [0.15, 0.2) is 0 Å². The average molecular weight is 514 g/mol. The lowest BCUT2D eigenvalue weighted by Crippen LogP contribution is -2.04. The topological polar surface area (TPSA) is 89.0 Å². The molecular formula is C23H21BrFN5OS. The smallest absolute Gasteiger partial charge is 0.147 e. The van der Waals surface area contributed by atoms with E-state index >= 15 is 4.39 Å². The maximum atomic E-state index is 15.0. The number of phenolic OH excluding ortho intramolecular Hbond substituents is 1. The van der Waals surface area contributed by atoms with Crippen LogP contribution in [-0.2, 0) is 0 Å². The van der Waals surface area contributed by atoms with E-state index in [4.69, 9.17) is 5.73 Å². The van der Waals surface area contributed by atoms with Crippen molar-refractivity contribution in [2.24, 2.45) is 0 Å². The second-order valence-electron chi connectivity index (χ2n) is 7.86. The van der Waals surface area contributed by atoms with Crippen LogP contribution in [0.1, 0.15) is 31.7 Å². The number of rotatable bonds is 5. The first-order valence-electron chi connectivity index (χ1n) is 10.3. The highest BCUT2D eigenvalue weighted by atomic mass is 79.9. The molecule has 0 amide bonds. The first kappa shape index (κ1) is 21.1. The molecule has 1 saturated carbocycles. The Hall–Kier alpha value is -2.78. The van der Waals surface area contributed by atoms with Crippen molar-refractivity contribution in [3.05, 3.63) is 59.2 Å². The molecule has 0 atom stereocenters. The molecule has 0 radical (unpaired) electrons. The molecule has 5 rings (SSSR count). The molecule has 0 bridgehead atoms. The first-order valence-corrected chi connectivity index (χ1v) is 11.9. The van der Waals surface area contributed by atoms with E-state index in [1.165, 1.54) is 25.2 Å². The molecule has 1 aliphatic carbocycles. The van der Waals surface area contributed by atoms with Gasteiger partial charge in [-0.1, -0.05) is 34.8 Å². The predicted molar refractivity (Wildman–Crippen MR) is 130 cm³/mol. The Kier molecular flexibility index (Phi) is 5.69. The Morgan fingerprint density at radius 1 is 1.16 bits per heavy atom. The number of hydrogen-bond acceptors (Lipinski definition) is 6. The number of phenols is 1. The zero-order valence-electron chi connectivity index (χ0n) is 17.1. The van der Waals surface area contributed by atoms with E-state index in [1.54, 1.807) is 24.3 Å². The van der Waals surface area contributed by atoms with Crippen LogP contribution in [0.5, 0.6) is 5.75 Å². The van der Waals surface area contributed by atoms with Gasteiger partial charge in [0.25, 0.3) is 0 Å². The number of fused-ring (bicyclic) bond motifs is 1. The fraction of sp³-hybridized carbons (Fsp3) is 0.217. The van der Waals surface area contributed by atoms with E-state index in [1.807, 2.05) is 12.3 Å². The molecule has 2 heterocycles. The Balaban J connectivity index is 1.48. The van der Waals surface area contributed by atoms with Gasteiger partial charge in [0.2, 0.25) is 0 Å². The van der Waals surface area contributed by atoms with Gasteiger partial charge in [0.1, 0.15) is 29.4 Å². The highest BCUT2D eigenvalue weighted by Crippen LogP contribution is 2.40. The van der Waals surface area contributed by atoms with Crippen LogP contribution in [0, 0.1) is 5.82 Å². The third-order valence-corrected chi connectivity index (χ3v) is 7.19. The number of halogens is 2. The van der Waals surface area contributed by atoms with Crippen molar-refractivity contribution in [1.29, 1.82) is 0 Å². The monoisotopic (exact) mass is 513 g/mol. The lowest BCUT2D eigenvalue weighted by Gasteiger charge is -2.12. The highest BCUT2D eigenvalue weighted by Gasteiger charge is 2.23. The Labute approximate surface area is 197 Å². The van der Waals surface area contributed by atoms with Gasteiger partial charge in [0, 0.05) is 22.3 Å². The summed E-state index contributed by atoms with van der Waals surface area (Å²) in [7, 11) is 0. The zero-order chi connectivity index (χ0) is 22.2. The average Bonchev–Trinajstić information content (AvgIpc) is 3.43. The molecule has 9 heteroatoms. The molecule has 0 aliphatic heterocycles. The molecule has 2 aromatic heterocycles. The first-order chi connectivity index (χ1) is 15.5. The molecule has 1 aliphatic rings. The number of nitrogens with zero attached hydrogens (tertiary/aromatic N) is 3. The van der Waals surface area contributed by atoms with E-state index < -0.39 is 5.82 Å². The lowest BCUT2D eigenvalue weighted by molar-refractivity contribution is 0.462. The Morgan fingerprint density at radius 3 is 2.75 bits per heavy atom. The summed E-state index contributed by atoms with van der Waals surface area (Å²) in [4.78, 5) is 9.24. The third kappa shape index (κ3) is 3.91. The van der Waals surface area contributed by atoms with Crippen LogP contribution in [0.4, 0.5) is 15.9 Å². The zero-order valence-corrected chi connectivity index (χ0v) is 19.5. The minimum atomic E-state index is -0.401. The van der Waals surface area contributed by atoms with Crippen LogP contribution in [0.3, 0.4) is 0 Å². The van der Waals surface area contributed by atoms with Gasteiger partial charge in [-0.15, -0.1) is 0 Å². The second-order valence-corrected chi connectivity index (χ2v) is 9.62. The van der Waals surface area contributed by atoms with E-state index in [9.17, 15) is 5.11 Å². The van der Waals surface area contributed by atoms with Gasteiger partial charge < -0.3 is 20.1 Å². The number of anilines is 2. The van der Waals surface area contributed by atoms with Crippen molar-refractivity contribution in [1.82, 2.24) is 14.5 Å². The molecule has 4 N–H and O–H groups in total. The quantitative estimate of drug-likeness (QED) is 0.263. The fourth-order valence-electron chi connectivity index (χ4n) is 4.23. The van der Waals surface area contributed by atoms with Gasteiger partial charge >= 0.3 is 0 Å². The molecule has 1 fully saturated rings. The highest BCUT2D eigenvalue weighted by molar-refractivity contribution is 9.10. The normalized spacial score (nSPS) is 14.3. The molecule has 32 heavy (non-hydrogen) atoms. The number of aromatic nitrogens is 3. The van der Waals surface area contributed by atoms with E-state index in [2.05, 4.69) is 35.2 Å². The summed E-state index contributed by atoms with van der Waals surface area (Å²) in [6.45, 7) is 0. The van der Waals surface area contributed by atoms with Crippen LogP contribution < -0.4 is 10.5 Å². The number of nitrogens with one attached hydrogen (secondary N) is 1. The van der Waals surface area contributed by atoms with Gasteiger partial charge in [0.05, 0.1) is 16.0 Å². The summed E-state index contributed by atoms with van der Waals surface area (Å²) in [5.41, 5.74) is 8.87. The maximum absolute atomic E-state index is 15.0. The fourth-order valence-corrected chi connectivity index (χ4v) is 5.49. The summed E-state index contributed by atoms with van der Waals surface area (Å²) >= 11 is 4.52. The lowest BCUT2D eigenvalue weighted by atomic mass is 10.1. The maximum Gasteiger partial charge on any atom is 0.147 e. The summed E-state index contributed by atoms with van der Waals surface area (Å²) in [5, 5.41) is 10.7. The van der Waals surface area contributed by atoms with Crippen molar-refractivity contribution in [3.63, 3.8) is 0 Å². The van der Waals surface area contributed by atoms with Gasteiger partial charge in [-0.3, -0.25) is 0 Å². The van der Waals surface area contributed by atoms with Crippen molar-refractivity contribution in [2.75, 3.05) is 10.5 Å². The van der Waals surface area contributed by atoms with Crippen LogP contribution in [-0.4, -0.2) is 19.6 Å². The molecule has 6 nitrogen and oxygen atoms in total. The summed E-state index contributed by atoms with van der Waals surface area (Å²) in [6, 6.07) is 10.5. The van der Waals surface area contributed by atoms with Crippen LogP contribution >= 0.6 is 27.9 Å². The van der Waals surface area contributed by atoms with Gasteiger partial charge in [-0.2, -0.15) is 0 Å². The molecular weight excluding hydrogens is 493 g/mol. The van der Waals surface area contributed by atoms with Crippen molar-refractivity contribution in [2.45, 2.75) is 36.6 Å². The van der Waals surface area contributed by atoms with E-state index in [-0.39, 0.29) is 5.75 Å². The summed E-state index contributed by atoms with van der Waals surface area (Å²) in [6.07, 6.45) is 8.10. The molecule has 4 aromatic rings. The Morgan fingerprint density at radius 2 is 1.97 bits per heavy atom. The minimum Gasteiger partial charge on any atom is -0.507 e. The summed E-state index contributed by atoms with van der Waals surface area (Å²) < 4.78 is 21.0. The Bertz CT molecular complexity index is 1310. The second kappa shape index (κ2) is 8.63. The molecule has 0 saturated heterocycles. The van der Waals surface area contributed by atoms with Crippen LogP contribution in [0.25, 0.3) is 22.2 Å². The van der Waals surface area contributed by atoms with Crippen molar-refractivity contribution >= 4 is 50.4 Å². The molecule has 0 spiro atoms. The number of benzene rings is 2. The standard InChI is InChI=1S/C23H21BrFN5OS/c24-14-6-8-19(31)20(10-14)32-29-18-7-5-13(9-17(18)25)16-11-30(15-3-1-2-4-15)23-21(16)22(26)27-12-28-23/h5-12,15,29,31H,1-4H2,(H2,26,27,28). The SMILES string of the molecule is Nc1ncnc2c1c(-c1ccc(NSc3cc(Br)ccc3O)c(F)c1)cn2C1CCCC1. The van der Waals surface area contributed by atoms with Crippen LogP contribution in [0.15, 0.2) is 58.3 Å². The van der Waals surface area contributed by atoms with Gasteiger partial charge in [-0.25, -0.2) is 14.4 Å². The van der Waals surface area contributed by atoms with E-state index in [0.717, 1.165) is 45.9 Å². The van der Waals surface area contributed by atoms with Crippen molar-refractivity contribution in [3.8, 4) is 16.9 Å². The third-order valence-electron chi connectivity index (χ3n) is 5.83. The van der Waals surface area contributed by atoms with Crippen molar-refractivity contribution < 1.29 is 9.50 Å². The van der Waals surface area contributed by atoms with E-state index in [0.29, 0.717) is 28.0 Å². The molecule has 0 unspecified atom stereocenters. The number of hydrogen-bond donors (Lipinski definition) is 3. The predicted octanol–water partition coefficient (Wildman–Crippen LogP) is 6.52. The largest absolute Gasteiger partial charge is 0.507 e. The number of aromatic hydroxyl groups is 1.